The van der Waals surface area contributed by atoms with Crippen molar-refractivity contribution < 1.29 is 0 Å². The lowest BCUT2D eigenvalue weighted by atomic mass is 9.99. The number of pyridine rings is 1. The van der Waals surface area contributed by atoms with Crippen molar-refractivity contribution in [2.24, 2.45) is 4.99 Å². The fourth-order valence-corrected chi connectivity index (χ4v) is 4.45. The van der Waals surface area contributed by atoms with Crippen LogP contribution in [0.3, 0.4) is 0 Å². The number of aromatic nitrogens is 1. The van der Waals surface area contributed by atoms with E-state index in [2.05, 4.69) is 74.4 Å². The molecule has 3 aromatic rings. The van der Waals surface area contributed by atoms with Crippen molar-refractivity contribution in [3.8, 4) is 11.1 Å². The third-order valence-electron chi connectivity index (χ3n) is 6.33. The van der Waals surface area contributed by atoms with Crippen molar-refractivity contribution in [3.63, 3.8) is 0 Å². The Hall–Kier alpha value is -3.14. The first kappa shape index (κ1) is 17.7. The SMILES string of the molecule is C1=NCN(C2CC2)c2ccc(-c3cccc(CN(c4ccccn4)C4CC4)c3)cc21. The van der Waals surface area contributed by atoms with Gasteiger partial charge in [0.05, 0.1) is 0 Å². The van der Waals surface area contributed by atoms with Gasteiger partial charge in [-0.05, 0) is 72.7 Å². The van der Waals surface area contributed by atoms with E-state index in [9.17, 15) is 0 Å². The molecule has 4 nitrogen and oxygen atoms in total. The van der Waals surface area contributed by atoms with Crippen LogP contribution in [0.25, 0.3) is 11.1 Å². The van der Waals surface area contributed by atoms with Gasteiger partial charge in [0.1, 0.15) is 12.5 Å². The smallest absolute Gasteiger partial charge is 0.129 e. The van der Waals surface area contributed by atoms with E-state index in [1.54, 1.807) is 0 Å². The van der Waals surface area contributed by atoms with Gasteiger partial charge in [0.25, 0.3) is 0 Å². The molecule has 0 N–H and O–H groups in total. The van der Waals surface area contributed by atoms with Crippen LogP contribution in [0.1, 0.15) is 36.8 Å². The van der Waals surface area contributed by atoms with Crippen LogP contribution in [0.5, 0.6) is 0 Å². The molecular formula is C26H26N4. The summed E-state index contributed by atoms with van der Waals surface area (Å²) in [7, 11) is 0. The quantitative estimate of drug-likeness (QED) is 0.570. The largest absolute Gasteiger partial charge is 0.349 e. The Balaban J connectivity index is 1.28. The van der Waals surface area contributed by atoms with Gasteiger partial charge < -0.3 is 9.80 Å². The molecule has 0 atom stereocenters. The second kappa shape index (κ2) is 7.28. The van der Waals surface area contributed by atoms with E-state index in [0.29, 0.717) is 12.1 Å². The molecule has 2 fully saturated rings. The molecule has 3 aliphatic rings. The van der Waals surface area contributed by atoms with Crippen LogP contribution in [-0.4, -0.2) is 30.0 Å². The molecule has 6 rings (SSSR count). The van der Waals surface area contributed by atoms with Crippen LogP contribution in [0, 0.1) is 0 Å². The number of anilines is 2. The van der Waals surface area contributed by atoms with E-state index in [4.69, 9.17) is 0 Å². The first-order chi connectivity index (χ1) is 14.8. The highest BCUT2D eigenvalue weighted by atomic mass is 15.3. The molecule has 2 heterocycles. The fourth-order valence-electron chi connectivity index (χ4n) is 4.45. The zero-order valence-corrected chi connectivity index (χ0v) is 17.1. The number of nitrogens with zero attached hydrogens (tertiary/aromatic N) is 4. The zero-order chi connectivity index (χ0) is 19.9. The van der Waals surface area contributed by atoms with Crippen molar-refractivity contribution in [2.75, 3.05) is 16.5 Å². The molecule has 0 radical (unpaired) electrons. The summed E-state index contributed by atoms with van der Waals surface area (Å²) < 4.78 is 0. The number of hydrogen-bond acceptors (Lipinski definition) is 4. The molecular weight excluding hydrogens is 368 g/mol. The van der Waals surface area contributed by atoms with Gasteiger partial charge in [-0.15, -0.1) is 0 Å². The molecule has 0 amide bonds. The van der Waals surface area contributed by atoms with Crippen LogP contribution in [0.15, 0.2) is 71.9 Å². The van der Waals surface area contributed by atoms with Crippen molar-refractivity contribution in [1.82, 2.24) is 4.98 Å². The third-order valence-corrected chi connectivity index (χ3v) is 6.33. The predicted molar refractivity (Wildman–Crippen MR) is 123 cm³/mol. The van der Waals surface area contributed by atoms with E-state index in [1.807, 2.05) is 18.5 Å². The van der Waals surface area contributed by atoms with E-state index >= 15 is 0 Å². The minimum Gasteiger partial charge on any atom is -0.349 e. The maximum atomic E-state index is 4.60. The fraction of sp³-hybridized carbons (Fsp3) is 0.308. The third kappa shape index (κ3) is 3.47. The maximum absolute atomic E-state index is 4.60. The molecule has 0 bridgehead atoms. The molecule has 4 heteroatoms. The molecule has 30 heavy (non-hydrogen) atoms. The molecule has 1 aromatic heterocycles. The average molecular weight is 395 g/mol. The number of benzene rings is 2. The van der Waals surface area contributed by atoms with Crippen molar-refractivity contribution in [2.45, 2.75) is 44.3 Å². The van der Waals surface area contributed by atoms with Gasteiger partial charge in [-0.25, -0.2) is 4.98 Å². The van der Waals surface area contributed by atoms with Crippen LogP contribution in [0.2, 0.25) is 0 Å². The highest BCUT2D eigenvalue weighted by molar-refractivity contribution is 5.92. The topological polar surface area (TPSA) is 31.7 Å². The summed E-state index contributed by atoms with van der Waals surface area (Å²) in [6, 6.07) is 23.3. The van der Waals surface area contributed by atoms with Crippen molar-refractivity contribution in [1.29, 1.82) is 0 Å². The molecule has 0 spiro atoms. The molecule has 150 valence electrons. The van der Waals surface area contributed by atoms with E-state index < -0.39 is 0 Å². The van der Waals surface area contributed by atoms with Crippen molar-refractivity contribution >= 4 is 17.7 Å². The molecule has 2 saturated carbocycles. The van der Waals surface area contributed by atoms with Gasteiger partial charge in [-0.2, -0.15) is 0 Å². The maximum Gasteiger partial charge on any atom is 0.129 e. The minimum absolute atomic E-state index is 0.622. The Kier molecular flexibility index (Phi) is 4.29. The molecule has 0 saturated heterocycles. The van der Waals surface area contributed by atoms with E-state index in [1.165, 1.54) is 53.6 Å². The molecule has 1 aliphatic heterocycles. The Morgan fingerprint density at radius 1 is 0.900 bits per heavy atom. The second-order valence-corrected chi connectivity index (χ2v) is 8.68. The van der Waals surface area contributed by atoms with Crippen LogP contribution in [0.4, 0.5) is 11.5 Å². The average Bonchev–Trinajstić information content (AvgIpc) is 3.71. The van der Waals surface area contributed by atoms with Gasteiger partial charge in [-0.1, -0.05) is 30.3 Å². The standard InChI is InChI=1S/C26H26N4/c1-2-13-28-26(6-1)29(23-8-9-23)17-19-4-3-5-20(14-19)21-7-12-25-22(15-21)16-27-18-30(25)24-10-11-24/h1-7,12-16,23-24H,8-11,17-18H2. The van der Waals surface area contributed by atoms with Gasteiger partial charge in [0.15, 0.2) is 0 Å². The summed E-state index contributed by atoms with van der Waals surface area (Å²) in [5, 5.41) is 0. The molecule has 2 aromatic carbocycles. The normalized spacial score (nSPS) is 17.7. The van der Waals surface area contributed by atoms with Gasteiger partial charge in [0.2, 0.25) is 0 Å². The van der Waals surface area contributed by atoms with Crippen LogP contribution < -0.4 is 9.80 Å². The highest BCUT2D eigenvalue weighted by Crippen LogP contribution is 2.37. The summed E-state index contributed by atoms with van der Waals surface area (Å²) in [4.78, 5) is 14.1. The number of rotatable bonds is 6. The lowest BCUT2D eigenvalue weighted by molar-refractivity contribution is 0.778. The Morgan fingerprint density at radius 2 is 1.80 bits per heavy atom. The Bertz CT molecular complexity index is 1080. The first-order valence-corrected chi connectivity index (χ1v) is 11.0. The van der Waals surface area contributed by atoms with Crippen LogP contribution >= 0.6 is 0 Å². The lowest BCUT2D eigenvalue weighted by Crippen LogP contribution is -2.29. The Labute approximate surface area is 177 Å². The first-order valence-electron chi connectivity index (χ1n) is 11.0. The van der Waals surface area contributed by atoms with Crippen LogP contribution in [-0.2, 0) is 6.54 Å². The number of hydrogen-bond donors (Lipinski definition) is 0. The number of aliphatic imine (C=N–C) groups is 1. The predicted octanol–water partition coefficient (Wildman–Crippen LogP) is 5.28. The molecule has 0 unspecified atom stereocenters. The van der Waals surface area contributed by atoms with Gasteiger partial charge >= 0.3 is 0 Å². The highest BCUT2D eigenvalue weighted by Gasteiger charge is 2.31. The molecule has 2 aliphatic carbocycles. The second-order valence-electron chi connectivity index (χ2n) is 8.68. The van der Waals surface area contributed by atoms with Gasteiger partial charge in [0, 0.05) is 42.3 Å². The number of fused-ring (bicyclic) bond motifs is 1. The zero-order valence-electron chi connectivity index (χ0n) is 17.1. The Morgan fingerprint density at radius 3 is 2.60 bits per heavy atom. The summed E-state index contributed by atoms with van der Waals surface area (Å²) in [6.45, 7) is 1.70. The minimum atomic E-state index is 0.622. The van der Waals surface area contributed by atoms with E-state index in [0.717, 1.165) is 19.0 Å². The van der Waals surface area contributed by atoms with Crippen molar-refractivity contribution in [3.05, 3.63) is 78.0 Å². The summed E-state index contributed by atoms with van der Waals surface area (Å²) in [6.07, 6.45) is 9.05. The summed E-state index contributed by atoms with van der Waals surface area (Å²) >= 11 is 0. The summed E-state index contributed by atoms with van der Waals surface area (Å²) in [5.74, 6) is 1.08. The van der Waals surface area contributed by atoms with Gasteiger partial charge in [-0.3, -0.25) is 4.99 Å². The monoisotopic (exact) mass is 394 g/mol. The van der Waals surface area contributed by atoms with E-state index in [-0.39, 0.29) is 0 Å². The summed E-state index contributed by atoms with van der Waals surface area (Å²) in [5.41, 5.74) is 6.43. The lowest BCUT2D eigenvalue weighted by Gasteiger charge is -2.27.